The van der Waals surface area contributed by atoms with E-state index in [4.69, 9.17) is 4.74 Å². The fourth-order valence-electron chi connectivity index (χ4n) is 2.51. The number of aryl methyl sites for hydroxylation is 1. The minimum atomic E-state index is -3.25. The first-order valence-electron chi connectivity index (χ1n) is 8.73. The molecule has 1 fully saturated rings. The number of carbonyl (C=O) groups is 1. The number of pyridine rings is 1. The molecule has 11 heteroatoms. The van der Waals surface area contributed by atoms with Crippen LogP contribution in [0, 0.1) is 12.8 Å². The van der Waals surface area contributed by atoms with Crippen LogP contribution in [-0.2, 0) is 10.7 Å². The molecule has 0 saturated heterocycles. The van der Waals surface area contributed by atoms with Gasteiger partial charge in [-0.2, -0.15) is 8.78 Å². The summed E-state index contributed by atoms with van der Waals surface area (Å²) in [4.78, 5) is 22.8. The van der Waals surface area contributed by atoms with E-state index in [1.54, 1.807) is 0 Å². The monoisotopic (exact) mass is 413 g/mol. The summed E-state index contributed by atoms with van der Waals surface area (Å²) in [6.45, 7) is 3.27. The zero-order chi connectivity index (χ0) is 21.4. The van der Waals surface area contributed by atoms with Gasteiger partial charge in [0.05, 0.1) is 24.4 Å². The first-order chi connectivity index (χ1) is 13.4. The Morgan fingerprint density at radius 2 is 2.00 bits per heavy atom. The predicted octanol–water partition coefficient (Wildman–Crippen LogP) is 4.03. The van der Waals surface area contributed by atoms with Crippen LogP contribution in [-0.4, -0.2) is 33.4 Å². The number of aromatic nitrogens is 3. The van der Waals surface area contributed by atoms with Crippen molar-refractivity contribution >= 4 is 23.2 Å². The van der Waals surface area contributed by atoms with Crippen LogP contribution >= 0.6 is 0 Å². The van der Waals surface area contributed by atoms with Crippen molar-refractivity contribution in [3.63, 3.8) is 0 Å². The third kappa shape index (κ3) is 5.30. The maximum absolute atomic E-state index is 13.6. The summed E-state index contributed by atoms with van der Waals surface area (Å²) in [6.07, 6.45) is 0.991. The molecule has 0 radical (unpaired) electrons. The van der Waals surface area contributed by atoms with Crippen LogP contribution in [0.4, 0.5) is 34.9 Å². The third-order valence-corrected chi connectivity index (χ3v) is 4.08. The minimum absolute atomic E-state index is 0.0515. The number of nitrogens with one attached hydrogen (secondary N) is 2. The number of hydrogen-bond donors (Lipinski definition) is 2. The first-order valence-corrected chi connectivity index (χ1v) is 8.73. The number of carbonyl (C=O) groups excluding carboxylic acids is 1. The molecule has 156 valence electrons. The zero-order valence-electron chi connectivity index (χ0n) is 15.9. The molecule has 7 nitrogen and oxygen atoms in total. The number of halogens is 4. The van der Waals surface area contributed by atoms with Crippen LogP contribution in [0.3, 0.4) is 0 Å². The van der Waals surface area contributed by atoms with E-state index in [1.807, 2.05) is 0 Å². The smallest absolute Gasteiger partial charge is 0.303 e. The van der Waals surface area contributed by atoms with Gasteiger partial charge < -0.3 is 15.4 Å². The van der Waals surface area contributed by atoms with Crippen molar-refractivity contribution in [1.29, 1.82) is 0 Å². The molecule has 2 heterocycles. The van der Waals surface area contributed by atoms with Crippen molar-refractivity contribution in [2.45, 2.75) is 39.0 Å². The lowest BCUT2D eigenvalue weighted by atomic mass is 10.3. The van der Waals surface area contributed by atoms with Crippen LogP contribution in [0.5, 0.6) is 5.75 Å². The summed E-state index contributed by atoms with van der Waals surface area (Å²) in [7, 11) is 0. The molecule has 2 N–H and O–H groups in total. The molecule has 1 saturated carbocycles. The molecule has 2 aromatic rings. The Balaban J connectivity index is 1.88. The van der Waals surface area contributed by atoms with Crippen LogP contribution in [0.15, 0.2) is 18.3 Å². The molecule has 1 aliphatic carbocycles. The van der Waals surface area contributed by atoms with Gasteiger partial charge in [0, 0.05) is 38.1 Å². The Morgan fingerprint density at radius 3 is 2.59 bits per heavy atom. The largest absolute Gasteiger partial charge is 0.489 e. The Hall–Kier alpha value is -2.98. The van der Waals surface area contributed by atoms with E-state index in [0.29, 0.717) is 12.6 Å². The average molecular weight is 413 g/mol. The topological polar surface area (TPSA) is 89.0 Å². The van der Waals surface area contributed by atoms with E-state index in [-0.39, 0.29) is 42.0 Å². The van der Waals surface area contributed by atoms with E-state index in [0.717, 1.165) is 0 Å². The van der Waals surface area contributed by atoms with Crippen LogP contribution in [0.1, 0.15) is 31.8 Å². The summed E-state index contributed by atoms with van der Waals surface area (Å²) in [6, 6.07) is 2.83. The highest BCUT2D eigenvalue weighted by molar-refractivity contribution is 5.88. The maximum atomic E-state index is 13.6. The van der Waals surface area contributed by atoms with Gasteiger partial charge in [0.15, 0.2) is 5.75 Å². The van der Waals surface area contributed by atoms with Gasteiger partial charge in [-0.1, -0.05) is 0 Å². The second kappa shape index (κ2) is 7.45. The fourth-order valence-corrected chi connectivity index (χ4v) is 2.51. The van der Waals surface area contributed by atoms with Gasteiger partial charge in [-0.05, 0) is 6.92 Å². The van der Waals surface area contributed by atoms with Gasteiger partial charge in [0.1, 0.15) is 11.6 Å². The van der Waals surface area contributed by atoms with E-state index < -0.39 is 23.6 Å². The van der Waals surface area contributed by atoms with Crippen molar-refractivity contribution < 1.29 is 27.1 Å². The van der Waals surface area contributed by atoms with Crippen molar-refractivity contribution in [1.82, 2.24) is 15.0 Å². The lowest BCUT2D eigenvalue weighted by Gasteiger charge is -2.16. The SMILES string of the molecule is CC(=O)Nc1cc(Nc2cc(C)nc(C(C)(F)F)n2)c(OCC2CC2(F)F)cn1. The number of nitrogens with zero attached hydrogens (tertiary/aromatic N) is 3. The van der Waals surface area contributed by atoms with Gasteiger partial charge in [-0.25, -0.2) is 23.7 Å². The highest BCUT2D eigenvalue weighted by Crippen LogP contribution is 2.48. The van der Waals surface area contributed by atoms with E-state index >= 15 is 0 Å². The molecule has 1 unspecified atom stereocenters. The first kappa shape index (κ1) is 20.7. The number of rotatable bonds is 7. The van der Waals surface area contributed by atoms with Crippen molar-refractivity contribution in [3.05, 3.63) is 29.8 Å². The number of alkyl halides is 4. The Bertz CT molecular complexity index is 933. The quantitative estimate of drug-likeness (QED) is 0.667. The molecule has 0 bridgehead atoms. The Morgan fingerprint density at radius 1 is 1.31 bits per heavy atom. The van der Waals surface area contributed by atoms with E-state index in [2.05, 4.69) is 25.6 Å². The van der Waals surface area contributed by atoms with Gasteiger partial charge in [-0.15, -0.1) is 0 Å². The van der Waals surface area contributed by atoms with E-state index in [1.165, 1.54) is 32.2 Å². The summed E-state index contributed by atoms with van der Waals surface area (Å²) >= 11 is 0. The Labute approximate surface area is 163 Å². The molecule has 0 spiro atoms. The minimum Gasteiger partial charge on any atom is -0.489 e. The van der Waals surface area contributed by atoms with Crippen molar-refractivity contribution in [2.24, 2.45) is 5.92 Å². The molecule has 2 aromatic heterocycles. The molecule has 0 aromatic carbocycles. The normalized spacial score (nSPS) is 17.6. The van der Waals surface area contributed by atoms with Gasteiger partial charge >= 0.3 is 5.92 Å². The van der Waals surface area contributed by atoms with Crippen molar-refractivity contribution in [3.8, 4) is 5.75 Å². The van der Waals surface area contributed by atoms with Gasteiger partial charge in [0.2, 0.25) is 11.7 Å². The second-order valence-corrected chi connectivity index (χ2v) is 6.95. The Kier molecular flexibility index (Phi) is 5.33. The highest BCUT2D eigenvalue weighted by Gasteiger charge is 2.57. The van der Waals surface area contributed by atoms with E-state index in [9.17, 15) is 22.4 Å². The van der Waals surface area contributed by atoms with Crippen LogP contribution in [0.25, 0.3) is 0 Å². The van der Waals surface area contributed by atoms with Crippen molar-refractivity contribution in [2.75, 3.05) is 17.2 Å². The number of hydrogen-bond acceptors (Lipinski definition) is 6. The molecular weight excluding hydrogens is 394 g/mol. The van der Waals surface area contributed by atoms with Crippen LogP contribution in [0.2, 0.25) is 0 Å². The standard InChI is InChI=1S/C18H19F4N5O2/c1-9-4-15(27-16(24-9)17(3,19)20)26-12-5-14(25-10(2)28)23-7-13(12)29-8-11-6-18(11,21)22/h4-5,7,11H,6,8H2,1-3H3,(H2,23,24,25,26,27,28). The number of anilines is 3. The lowest BCUT2D eigenvalue weighted by Crippen LogP contribution is -2.15. The fraction of sp³-hybridized carbons (Fsp3) is 0.444. The molecule has 1 aliphatic rings. The third-order valence-electron chi connectivity index (χ3n) is 4.08. The maximum Gasteiger partial charge on any atom is 0.303 e. The molecule has 3 rings (SSSR count). The highest BCUT2D eigenvalue weighted by atomic mass is 19.3. The zero-order valence-corrected chi connectivity index (χ0v) is 15.9. The van der Waals surface area contributed by atoms with Crippen LogP contribution < -0.4 is 15.4 Å². The lowest BCUT2D eigenvalue weighted by molar-refractivity contribution is -0.114. The number of amides is 1. The summed E-state index contributed by atoms with van der Waals surface area (Å²) < 4.78 is 58.9. The van der Waals surface area contributed by atoms with Gasteiger partial charge in [-0.3, -0.25) is 4.79 Å². The summed E-state index contributed by atoms with van der Waals surface area (Å²) in [5.74, 6) is -7.61. The molecule has 1 atom stereocenters. The number of ether oxygens (including phenoxy) is 1. The average Bonchev–Trinajstić information content (AvgIpc) is 3.19. The van der Waals surface area contributed by atoms with Gasteiger partial charge in [0.25, 0.3) is 5.92 Å². The predicted molar refractivity (Wildman–Crippen MR) is 96.7 cm³/mol. The molecular formula is C18H19F4N5O2. The molecule has 1 amide bonds. The second-order valence-electron chi connectivity index (χ2n) is 6.95. The molecule has 0 aliphatic heterocycles. The summed E-state index contributed by atoms with van der Waals surface area (Å²) in [5.41, 5.74) is 0.520. The molecule has 29 heavy (non-hydrogen) atoms. The summed E-state index contributed by atoms with van der Waals surface area (Å²) in [5, 5.41) is 5.29.